The molecule has 1 unspecified atom stereocenters. The van der Waals surface area contributed by atoms with Crippen LogP contribution in [0.1, 0.15) is 11.1 Å². The van der Waals surface area contributed by atoms with E-state index in [4.69, 9.17) is 0 Å². The molecule has 0 saturated heterocycles. The number of hydrogen-bond acceptors (Lipinski definition) is 2. The highest BCUT2D eigenvalue weighted by atomic mass is 32.2. The van der Waals surface area contributed by atoms with Gasteiger partial charge < -0.3 is 0 Å². The summed E-state index contributed by atoms with van der Waals surface area (Å²) in [6, 6.07) is 4.27. The first-order chi connectivity index (χ1) is 5.91. The first-order valence-corrected chi connectivity index (χ1v) is 5.45. The van der Waals surface area contributed by atoms with Crippen molar-refractivity contribution in [1.29, 1.82) is 0 Å². The van der Waals surface area contributed by atoms with E-state index in [0.717, 1.165) is 30.5 Å². The minimum Gasteiger partial charge on any atom is -0.226 e. The first kappa shape index (κ1) is 10.1. The third-order valence-corrected chi connectivity index (χ3v) is 2.53. The zero-order chi connectivity index (χ0) is 10.1. The topological polar surface area (TPSA) is 34.1 Å². The average molecular weight is 206 g/mol. The van der Waals surface area contributed by atoms with Gasteiger partial charge in [0.25, 0.3) is 0 Å². The van der Waals surface area contributed by atoms with Gasteiger partial charge in [-0.2, -0.15) is 0 Å². The van der Waals surface area contributed by atoms with Crippen molar-refractivity contribution in [2.45, 2.75) is 5.50 Å². The number of halogens is 2. The average Bonchev–Trinajstić information content (AvgIpc) is 2.03. The fourth-order valence-corrected chi connectivity index (χ4v) is 1.51. The minimum atomic E-state index is -3.76. The second-order valence-corrected chi connectivity index (χ2v) is 4.77. The van der Waals surface area contributed by atoms with Gasteiger partial charge >= 0.3 is 0 Å². The maximum Gasteiger partial charge on any atom is 0.225 e. The van der Waals surface area contributed by atoms with Gasteiger partial charge in [0.15, 0.2) is 9.84 Å². The van der Waals surface area contributed by atoms with Gasteiger partial charge in [-0.25, -0.2) is 17.2 Å². The van der Waals surface area contributed by atoms with Gasteiger partial charge in [-0.15, -0.1) is 0 Å². The Morgan fingerprint density at radius 2 is 1.69 bits per heavy atom. The highest BCUT2D eigenvalue weighted by Crippen LogP contribution is 2.22. The van der Waals surface area contributed by atoms with Gasteiger partial charge in [0.05, 0.1) is 0 Å². The molecule has 0 aliphatic carbocycles. The lowest BCUT2D eigenvalue weighted by atomic mass is 10.2. The van der Waals surface area contributed by atoms with Gasteiger partial charge in [0.2, 0.25) is 5.50 Å². The molecule has 0 heterocycles. The van der Waals surface area contributed by atoms with Crippen LogP contribution in [0.4, 0.5) is 8.78 Å². The Morgan fingerprint density at radius 3 is 2.08 bits per heavy atom. The van der Waals surface area contributed by atoms with Crippen molar-refractivity contribution in [1.82, 2.24) is 0 Å². The van der Waals surface area contributed by atoms with Gasteiger partial charge in [-0.05, 0) is 12.1 Å². The third-order valence-electron chi connectivity index (χ3n) is 1.51. The molecule has 5 heteroatoms. The number of alkyl halides is 1. The largest absolute Gasteiger partial charge is 0.226 e. The lowest BCUT2D eigenvalue weighted by Crippen LogP contribution is -2.06. The van der Waals surface area contributed by atoms with Crippen LogP contribution in [0.25, 0.3) is 0 Å². The van der Waals surface area contributed by atoms with E-state index in [1.807, 2.05) is 0 Å². The van der Waals surface area contributed by atoms with Gasteiger partial charge in [-0.3, -0.25) is 0 Å². The molecule has 0 aromatic heterocycles. The van der Waals surface area contributed by atoms with E-state index >= 15 is 0 Å². The summed E-state index contributed by atoms with van der Waals surface area (Å²) in [7, 11) is -3.76. The van der Waals surface area contributed by atoms with Crippen LogP contribution in [-0.4, -0.2) is 14.7 Å². The second kappa shape index (κ2) is 3.41. The van der Waals surface area contributed by atoms with Crippen molar-refractivity contribution in [2.24, 2.45) is 0 Å². The number of hydrogen-bond donors (Lipinski definition) is 0. The molecule has 0 spiro atoms. The van der Waals surface area contributed by atoms with Crippen LogP contribution in [0, 0.1) is 5.82 Å². The fourth-order valence-electron chi connectivity index (χ4n) is 0.861. The molecule has 0 saturated carbocycles. The summed E-state index contributed by atoms with van der Waals surface area (Å²) in [5.41, 5.74) is -2.13. The number of sulfone groups is 1. The smallest absolute Gasteiger partial charge is 0.225 e. The van der Waals surface area contributed by atoms with Crippen molar-refractivity contribution in [3.8, 4) is 0 Å². The second-order valence-electron chi connectivity index (χ2n) is 2.70. The van der Waals surface area contributed by atoms with Gasteiger partial charge in [-0.1, -0.05) is 12.1 Å². The zero-order valence-corrected chi connectivity index (χ0v) is 7.68. The van der Waals surface area contributed by atoms with E-state index in [0.29, 0.717) is 0 Å². The summed E-state index contributed by atoms with van der Waals surface area (Å²) < 4.78 is 46.9. The minimum absolute atomic E-state index is 0.0519. The molecule has 0 aliphatic rings. The molecule has 13 heavy (non-hydrogen) atoms. The summed E-state index contributed by atoms with van der Waals surface area (Å²) in [4.78, 5) is 0. The van der Waals surface area contributed by atoms with E-state index in [2.05, 4.69) is 0 Å². The molecule has 0 bridgehead atoms. The van der Waals surface area contributed by atoms with Gasteiger partial charge in [0, 0.05) is 11.8 Å². The van der Waals surface area contributed by atoms with Crippen molar-refractivity contribution in [2.75, 3.05) is 6.26 Å². The van der Waals surface area contributed by atoms with E-state index in [-0.39, 0.29) is 5.56 Å². The van der Waals surface area contributed by atoms with Crippen molar-refractivity contribution in [3.63, 3.8) is 0 Å². The molecule has 0 amide bonds. The summed E-state index contributed by atoms with van der Waals surface area (Å²) in [6.07, 6.45) is 0.793. The molecule has 1 atom stereocenters. The van der Waals surface area contributed by atoms with Crippen molar-refractivity contribution in [3.05, 3.63) is 35.6 Å². The Bertz CT molecular complexity index is 383. The molecule has 72 valence electrons. The van der Waals surface area contributed by atoms with Crippen LogP contribution in [0.5, 0.6) is 0 Å². The highest BCUT2D eigenvalue weighted by Gasteiger charge is 2.21. The van der Waals surface area contributed by atoms with Gasteiger partial charge in [0.1, 0.15) is 5.82 Å². The summed E-state index contributed by atoms with van der Waals surface area (Å²) in [6.45, 7) is 0. The molecule has 1 aromatic carbocycles. The zero-order valence-electron chi connectivity index (χ0n) is 6.87. The van der Waals surface area contributed by atoms with Crippen LogP contribution in [0.15, 0.2) is 24.3 Å². The molecule has 0 radical (unpaired) electrons. The Kier molecular flexibility index (Phi) is 2.66. The summed E-state index contributed by atoms with van der Waals surface area (Å²) in [5, 5.41) is 0. The predicted octanol–water partition coefficient (Wildman–Crippen LogP) is 1.84. The number of rotatable bonds is 2. The lowest BCUT2D eigenvalue weighted by Gasteiger charge is -2.05. The Balaban J connectivity index is 3.04. The van der Waals surface area contributed by atoms with Crippen LogP contribution < -0.4 is 0 Å². The summed E-state index contributed by atoms with van der Waals surface area (Å²) in [5.74, 6) is -0.524. The predicted molar refractivity (Wildman–Crippen MR) is 45.1 cm³/mol. The monoisotopic (exact) mass is 206 g/mol. The quantitative estimate of drug-likeness (QED) is 0.739. The Morgan fingerprint density at radius 1 is 1.23 bits per heavy atom. The Hall–Kier alpha value is -0.970. The molecular formula is C8H8F2O2S. The fraction of sp³-hybridized carbons (Fsp3) is 0.250. The molecule has 2 nitrogen and oxygen atoms in total. The van der Waals surface area contributed by atoms with E-state index in [1.54, 1.807) is 0 Å². The molecule has 1 aromatic rings. The van der Waals surface area contributed by atoms with E-state index in [1.165, 1.54) is 0 Å². The van der Waals surface area contributed by atoms with Crippen LogP contribution >= 0.6 is 0 Å². The summed E-state index contributed by atoms with van der Waals surface area (Å²) >= 11 is 0. The highest BCUT2D eigenvalue weighted by molar-refractivity contribution is 7.90. The maximum atomic E-state index is 13.1. The number of benzene rings is 1. The molecular weight excluding hydrogens is 198 g/mol. The van der Waals surface area contributed by atoms with Crippen molar-refractivity contribution < 1.29 is 17.2 Å². The SMILES string of the molecule is CS(=O)(=O)C(F)c1ccc(F)cc1. The third kappa shape index (κ3) is 2.48. The van der Waals surface area contributed by atoms with E-state index in [9.17, 15) is 17.2 Å². The normalized spacial score (nSPS) is 14.1. The molecule has 0 N–H and O–H groups in total. The lowest BCUT2D eigenvalue weighted by molar-refractivity contribution is 0.433. The van der Waals surface area contributed by atoms with Crippen LogP contribution in [-0.2, 0) is 9.84 Å². The van der Waals surface area contributed by atoms with E-state index < -0.39 is 21.2 Å². The van der Waals surface area contributed by atoms with Crippen LogP contribution in [0.2, 0.25) is 0 Å². The molecule has 1 rings (SSSR count). The standard InChI is InChI=1S/C8H8F2O2S/c1-13(11,12)8(10)6-2-4-7(9)5-3-6/h2-5,8H,1H3. The maximum absolute atomic E-state index is 13.1. The van der Waals surface area contributed by atoms with Crippen molar-refractivity contribution >= 4 is 9.84 Å². The Labute approximate surface area is 75.1 Å². The van der Waals surface area contributed by atoms with Crippen LogP contribution in [0.3, 0.4) is 0 Å². The molecule has 0 aliphatic heterocycles. The first-order valence-electron chi connectivity index (χ1n) is 3.49. The molecule has 0 fully saturated rings.